The van der Waals surface area contributed by atoms with Crippen molar-refractivity contribution in [1.29, 1.82) is 0 Å². The van der Waals surface area contributed by atoms with Crippen LogP contribution in [0.1, 0.15) is 172 Å². The SMILES string of the molecule is CC1CNCC(C)N1.CCc1nc2c(cnn2CC)c(NC2CCOCC2)c1CNC(=O)c1cccc(C(=O)NCc2ccc(F)c(-c3cccc(C=O)c3)c2)c1.CCc1nc2c(cnn2CC)c(NC2CCOCC2)c1CNC(=O)c1cccc(C(=O)NCc2ccc(F)c(-c3cccc(CN4CC(C)NC(C)C4)c3)c2)c1. The van der Waals surface area contributed by atoms with E-state index in [0.717, 1.165) is 131 Å². The number of halogens is 2. The van der Waals surface area contributed by atoms with E-state index in [1.54, 1.807) is 97.1 Å². The Morgan fingerprint density at radius 2 is 0.912 bits per heavy atom. The van der Waals surface area contributed by atoms with Crippen molar-refractivity contribution in [2.45, 2.75) is 176 Å². The molecule has 0 radical (unpaired) electrons. The minimum atomic E-state index is -0.430. The fourth-order valence-corrected chi connectivity index (χ4v) is 15.3. The van der Waals surface area contributed by atoms with Crippen LogP contribution in [0.4, 0.5) is 20.2 Å². The van der Waals surface area contributed by atoms with Gasteiger partial charge in [0, 0.05) is 196 Å². The number of benzene rings is 6. The lowest BCUT2D eigenvalue weighted by atomic mass is 9.99. The van der Waals surface area contributed by atoms with Crippen LogP contribution < -0.4 is 47.9 Å². The smallest absolute Gasteiger partial charge is 0.251 e. The highest BCUT2D eigenvalue weighted by Gasteiger charge is 2.27. The van der Waals surface area contributed by atoms with Crippen LogP contribution in [0.2, 0.25) is 0 Å². The first-order valence-electron chi connectivity index (χ1n) is 39.8. The van der Waals surface area contributed by atoms with E-state index in [1.807, 2.05) is 54.7 Å². The van der Waals surface area contributed by atoms with Crippen LogP contribution in [-0.2, 0) is 68.1 Å². The van der Waals surface area contributed by atoms with Gasteiger partial charge in [-0.2, -0.15) is 10.2 Å². The highest BCUT2D eigenvalue weighted by atomic mass is 19.1. The summed E-state index contributed by atoms with van der Waals surface area (Å²) in [6.07, 6.45) is 9.29. The number of hydrogen-bond donors (Lipinski definition) is 9. The van der Waals surface area contributed by atoms with E-state index < -0.39 is 5.82 Å². The van der Waals surface area contributed by atoms with Crippen LogP contribution in [0.25, 0.3) is 44.3 Å². The molecule has 4 aliphatic heterocycles. The number of amides is 4. The second-order valence-corrected chi connectivity index (χ2v) is 29.7. The molecule has 4 fully saturated rings. The monoisotopic (exact) mass is 1540 g/mol. The van der Waals surface area contributed by atoms with Crippen LogP contribution in [0.3, 0.4) is 0 Å². The average molecular weight is 1540 g/mol. The zero-order valence-electron chi connectivity index (χ0n) is 66.0. The molecule has 594 valence electrons. The zero-order chi connectivity index (χ0) is 79.5. The highest BCUT2D eigenvalue weighted by molar-refractivity contribution is 6.01. The number of fused-ring (bicyclic) bond motifs is 2. The van der Waals surface area contributed by atoms with Gasteiger partial charge in [0.25, 0.3) is 23.6 Å². The van der Waals surface area contributed by atoms with Crippen LogP contribution in [-0.4, -0.2) is 153 Å². The molecule has 6 aromatic carbocycles. The summed E-state index contributed by atoms with van der Waals surface area (Å²) in [5.74, 6) is -2.06. The Balaban J connectivity index is 0.000000191. The number of aromatic nitrogens is 6. The Labute approximate surface area is 660 Å². The van der Waals surface area contributed by atoms with E-state index in [1.165, 1.54) is 12.1 Å². The van der Waals surface area contributed by atoms with E-state index >= 15 is 4.39 Å². The number of nitrogens with zero attached hydrogens (tertiary/aromatic N) is 7. The number of ether oxygens (including phenoxy) is 2. The van der Waals surface area contributed by atoms with Crippen molar-refractivity contribution in [3.63, 3.8) is 0 Å². The third-order valence-electron chi connectivity index (χ3n) is 21.0. The van der Waals surface area contributed by atoms with Gasteiger partial charge in [0.1, 0.15) is 17.9 Å². The summed E-state index contributed by atoms with van der Waals surface area (Å²) in [6, 6.07) is 40.1. The van der Waals surface area contributed by atoms with E-state index in [2.05, 4.69) is 110 Å². The zero-order valence-corrected chi connectivity index (χ0v) is 66.0. The lowest BCUT2D eigenvalue weighted by molar-refractivity contribution is 0.0903. The number of pyridine rings is 2. The molecular formula is C88H106F2N16O7. The van der Waals surface area contributed by atoms with Gasteiger partial charge in [-0.25, -0.2) is 28.1 Å². The van der Waals surface area contributed by atoms with Crippen LogP contribution in [0, 0.1) is 11.6 Å². The molecule has 4 unspecified atom stereocenters. The fraction of sp³-hybridized carbons (Fsp3) is 0.398. The molecule has 9 N–H and O–H groups in total. The number of aldehydes is 1. The van der Waals surface area contributed by atoms with Gasteiger partial charge >= 0.3 is 0 Å². The Morgan fingerprint density at radius 3 is 1.33 bits per heavy atom. The fourth-order valence-electron chi connectivity index (χ4n) is 15.3. The molecular weight excluding hydrogens is 1430 g/mol. The molecule has 23 nitrogen and oxygen atoms in total. The van der Waals surface area contributed by atoms with Crippen molar-refractivity contribution in [3.05, 3.63) is 225 Å². The Kier molecular flexibility index (Phi) is 28.4. The molecule has 0 bridgehead atoms. The molecule has 0 aliphatic carbocycles. The Bertz CT molecular complexity index is 4960. The minimum Gasteiger partial charge on any atom is -0.381 e. The van der Waals surface area contributed by atoms with E-state index in [9.17, 15) is 28.4 Å². The molecule has 4 amide bonds. The molecule has 4 atom stereocenters. The molecule has 0 spiro atoms. The first-order valence-corrected chi connectivity index (χ1v) is 39.8. The molecule has 10 aromatic rings. The Morgan fingerprint density at radius 1 is 0.496 bits per heavy atom. The van der Waals surface area contributed by atoms with E-state index in [-0.39, 0.29) is 67.7 Å². The number of carbonyl (C=O) groups is 5. The second-order valence-electron chi connectivity index (χ2n) is 29.7. The van der Waals surface area contributed by atoms with E-state index in [0.29, 0.717) is 133 Å². The first-order chi connectivity index (χ1) is 54.8. The van der Waals surface area contributed by atoms with Crippen molar-refractivity contribution in [2.24, 2.45) is 0 Å². The summed E-state index contributed by atoms with van der Waals surface area (Å²) in [7, 11) is 0. The normalized spacial score (nSPS) is 17.4. The number of hydrogen-bond acceptors (Lipinski definition) is 17. The molecule has 4 aromatic heterocycles. The number of nitrogens with one attached hydrogen (secondary N) is 9. The summed E-state index contributed by atoms with van der Waals surface area (Å²) in [4.78, 5) is 77.2. The molecule has 14 rings (SSSR count). The Hall–Kier alpha value is -10.7. The molecule has 4 saturated heterocycles. The highest BCUT2D eigenvalue weighted by Crippen LogP contribution is 2.35. The van der Waals surface area contributed by atoms with Gasteiger partial charge in [-0.1, -0.05) is 74.5 Å². The molecule has 4 aliphatic rings. The quantitative estimate of drug-likeness (QED) is 0.0241. The second kappa shape index (κ2) is 39.2. The molecule has 113 heavy (non-hydrogen) atoms. The largest absolute Gasteiger partial charge is 0.381 e. The van der Waals surface area contributed by atoms with Gasteiger partial charge in [0.15, 0.2) is 11.3 Å². The molecule has 25 heteroatoms. The number of piperazine rings is 2. The summed E-state index contributed by atoms with van der Waals surface area (Å²) in [5.41, 5.74) is 13.7. The van der Waals surface area contributed by atoms with E-state index in [4.69, 9.17) is 19.4 Å². The third-order valence-corrected chi connectivity index (χ3v) is 21.0. The number of anilines is 2. The predicted octanol–water partition coefficient (Wildman–Crippen LogP) is 12.5. The molecule has 0 saturated carbocycles. The van der Waals surface area contributed by atoms with Gasteiger partial charge < -0.3 is 57.3 Å². The number of aryl methyl sites for hydroxylation is 4. The number of rotatable bonds is 25. The summed E-state index contributed by atoms with van der Waals surface area (Å²) < 4.78 is 44.8. The summed E-state index contributed by atoms with van der Waals surface area (Å²) in [5, 5.41) is 40.7. The third kappa shape index (κ3) is 21.2. The topological polar surface area (TPSA) is 277 Å². The van der Waals surface area contributed by atoms with Gasteiger partial charge in [-0.3, -0.25) is 28.9 Å². The first kappa shape index (κ1) is 81.8. The van der Waals surface area contributed by atoms with Crippen molar-refractivity contribution < 1.29 is 42.2 Å². The minimum absolute atomic E-state index is 0.142. The lowest BCUT2D eigenvalue weighted by Gasteiger charge is -2.36. The van der Waals surface area contributed by atoms with Crippen molar-refractivity contribution in [1.82, 2.24) is 71.6 Å². The van der Waals surface area contributed by atoms with Gasteiger partial charge in [-0.05, 0) is 181 Å². The maximum atomic E-state index is 15.2. The standard InChI is InChI=1S/C44H53FN8O3.C38H39FN6O4.C6H14N2/c1-5-40-37(41(50-35-15-17-56-18-16-35)38-24-48-53(6-2)42(38)51-40)23-47-44(55)34-12-8-11-33(21-34)43(54)46-22-30-13-14-39(45)36(20-30)32-10-7-9-31(19-32)27-52-25-28(3)49-29(4)26-52;1-3-34-31(35(43-29-13-15-49-16-14-29)32-22-42-45(4-2)36(32)44-34)21-41-38(48)28-10-6-9-27(19-28)37(47)40-20-24-11-12-33(39)30(18-24)26-8-5-7-25(17-26)23-46;1-5-3-7-4-6(2)8-5/h7-14,19-21,24,28-29,35,49H,5-6,15-18,22-23,25-27H2,1-4H3,(H,46,54)(H,47,55)(H,50,51);5-12,17-19,22-23,29H,3-4,13-16,20-21H2,1-2H3,(H,40,47)(H,41,48)(H,43,44);5-8H,3-4H2,1-2H3. The summed E-state index contributed by atoms with van der Waals surface area (Å²) >= 11 is 0. The van der Waals surface area contributed by atoms with Crippen molar-refractivity contribution >= 4 is 63.4 Å². The van der Waals surface area contributed by atoms with Crippen LogP contribution >= 0.6 is 0 Å². The predicted molar refractivity (Wildman–Crippen MR) is 439 cm³/mol. The van der Waals surface area contributed by atoms with Gasteiger partial charge in [-0.15, -0.1) is 0 Å². The van der Waals surface area contributed by atoms with Crippen LogP contribution in [0.5, 0.6) is 0 Å². The van der Waals surface area contributed by atoms with Gasteiger partial charge in [0.2, 0.25) is 0 Å². The maximum absolute atomic E-state index is 15.2. The average Bonchev–Trinajstić information content (AvgIpc) is 1.67. The van der Waals surface area contributed by atoms with Crippen molar-refractivity contribution in [2.75, 3.05) is 63.2 Å². The lowest BCUT2D eigenvalue weighted by Crippen LogP contribution is -2.53. The maximum Gasteiger partial charge on any atom is 0.251 e. The molecule has 8 heterocycles. The van der Waals surface area contributed by atoms with Crippen molar-refractivity contribution in [3.8, 4) is 22.3 Å². The number of carbonyl (C=O) groups excluding carboxylic acids is 5. The van der Waals surface area contributed by atoms with Gasteiger partial charge in [0.05, 0.1) is 34.5 Å². The summed E-state index contributed by atoms with van der Waals surface area (Å²) in [6.45, 7) is 26.9. The van der Waals surface area contributed by atoms with Crippen LogP contribution in [0.15, 0.2) is 146 Å².